The van der Waals surface area contributed by atoms with Crippen molar-refractivity contribution in [3.05, 3.63) is 89.5 Å². The van der Waals surface area contributed by atoms with Crippen LogP contribution in [0.5, 0.6) is 5.75 Å². The van der Waals surface area contributed by atoms with E-state index in [1.54, 1.807) is 54.4 Å². The Morgan fingerprint density at radius 2 is 1.81 bits per heavy atom. The Bertz CT molecular complexity index is 1490. The summed E-state index contributed by atoms with van der Waals surface area (Å²) in [4.78, 5) is 34.7. The topological polar surface area (TPSA) is 90.5 Å². The third kappa shape index (κ3) is 3.47. The zero-order valence-electron chi connectivity index (χ0n) is 17.2. The van der Waals surface area contributed by atoms with Crippen molar-refractivity contribution in [3.63, 3.8) is 0 Å². The fourth-order valence-electron chi connectivity index (χ4n) is 3.70. The molecule has 0 aliphatic heterocycles. The number of methoxy groups -OCH3 is 1. The molecule has 1 N–H and O–H groups in total. The summed E-state index contributed by atoms with van der Waals surface area (Å²) in [6.45, 7) is -0.00796. The summed E-state index contributed by atoms with van der Waals surface area (Å²) in [5.41, 5.74) is 3.09. The van der Waals surface area contributed by atoms with Crippen LogP contribution < -0.4 is 15.6 Å². The van der Waals surface area contributed by atoms with Gasteiger partial charge in [-0.15, -0.1) is 0 Å². The molecule has 0 saturated heterocycles. The number of pyridine rings is 1. The lowest BCUT2D eigenvalue weighted by molar-refractivity contribution is -0.116. The smallest absolute Gasteiger partial charge is 0.260 e. The monoisotopic (exact) mass is 425 g/mol. The third-order valence-corrected chi connectivity index (χ3v) is 5.19. The molecule has 0 spiro atoms. The van der Waals surface area contributed by atoms with Crippen LogP contribution in [0.15, 0.2) is 83.9 Å². The predicted octanol–water partition coefficient (Wildman–Crippen LogP) is 3.36. The first-order valence-corrected chi connectivity index (χ1v) is 9.99. The van der Waals surface area contributed by atoms with Gasteiger partial charge in [-0.3, -0.25) is 14.6 Å². The van der Waals surface area contributed by atoms with Gasteiger partial charge in [-0.2, -0.15) is 0 Å². The van der Waals surface area contributed by atoms with E-state index in [2.05, 4.69) is 10.3 Å². The summed E-state index contributed by atoms with van der Waals surface area (Å²) in [6, 6.07) is 19.6. The Morgan fingerprint density at radius 1 is 1.03 bits per heavy atom. The Morgan fingerprint density at radius 3 is 2.53 bits per heavy atom. The zero-order chi connectivity index (χ0) is 22.1. The molecule has 2 aromatic carbocycles. The van der Waals surface area contributed by atoms with Crippen LogP contribution in [0.25, 0.3) is 28.1 Å². The van der Waals surface area contributed by atoms with E-state index in [0.717, 1.165) is 11.1 Å². The van der Waals surface area contributed by atoms with Crippen molar-refractivity contribution in [2.24, 2.45) is 0 Å². The number of carbonyl (C=O) groups excluding carboxylic acids is 1. The van der Waals surface area contributed by atoms with Gasteiger partial charge in [0.15, 0.2) is 0 Å². The summed E-state index contributed by atoms with van der Waals surface area (Å²) >= 11 is 0. The third-order valence-electron chi connectivity index (χ3n) is 5.19. The van der Waals surface area contributed by atoms with Gasteiger partial charge >= 0.3 is 0 Å². The standard InChI is InChI=1S/C24H19N5O3/c1-32-18-10-8-17(9-11-18)26-22(30)15-28-20-6-2-3-7-21(20)29-23(31)13-19(27-24(28)29)16-5-4-12-25-14-16/h2-14H,15H2,1H3,(H,26,30). The molecule has 3 heterocycles. The average Bonchev–Trinajstić information content (AvgIpc) is 3.14. The molecule has 8 nitrogen and oxygen atoms in total. The average molecular weight is 425 g/mol. The summed E-state index contributed by atoms with van der Waals surface area (Å²) in [7, 11) is 1.59. The molecule has 8 heteroatoms. The molecule has 0 aliphatic rings. The van der Waals surface area contributed by atoms with Gasteiger partial charge in [0.1, 0.15) is 12.3 Å². The van der Waals surface area contributed by atoms with Crippen LogP contribution >= 0.6 is 0 Å². The van der Waals surface area contributed by atoms with E-state index >= 15 is 0 Å². The van der Waals surface area contributed by atoms with Gasteiger partial charge in [0.2, 0.25) is 11.7 Å². The van der Waals surface area contributed by atoms with Crippen LogP contribution in [0.1, 0.15) is 0 Å². The van der Waals surface area contributed by atoms with Gasteiger partial charge in [-0.1, -0.05) is 12.1 Å². The highest BCUT2D eigenvalue weighted by Gasteiger charge is 2.17. The van der Waals surface area contributed by atoms with Crippen molar-refractivity contribution in [3.8, 4) is 17.0 Å². The number of rotatable bonds is 5. The number of benzene rings is 2. The number of amides is 1. The molecule has 158 valence electrons. The first-order valence-electron chi connectivity index (χ1n) is 9.99. The molecule has 0 aliphatic carbocycles. The van der Waals surface area contributed by atoms with Crippen molar-refractivity contribution < 1.29 is 9.53 Å². The highest BCUT2D eigenvalue weighted by molar-refractivity contribution is 5.92. The maximum atomic E-state index is 13.0. The summed E-state index contributed by atoms with van der Waals surface area (Å²) in [5, 5.41) is 2.88. The van der Waals surface area contributed by atoms with E-state index < -0.39 is 0 Å². The van der Waals surface area contributed by atoms with Gasteiger partial charge in [0.05, 0.1) is 23.8 Å². The first kappa shape index (κ1) is 19.5. The molecular formula is C24H19N5O3. The second-order valence-electron chi connectivity index (χ2n) is 7.21. The molecule has 0 bridgehead atoms. The SMILES string of the molecule is COc1ccc(NC(=O)Cn2c3ccccc3n3c(=O)cc(-c4cccnc4)nc23)cc1. The van der Waals surface area contributed by atoms with E-state index in [0.29, 0.717) is 28.4 Å². The number of ether oxygens (including phenoxy) is 1. The Kier molecular flexibility index (Phi) is 4.87. The number of imidazole rings is 1. The molecule has 0 unspecified atom stereocenters. The second-order valence-corrected chi connectivity index (χ2v) is 7.21. The lowest BCUT2D eigenvalue weighted by Crippen LogP contribution is -2.20. The maximum absolute atomic E-state index is 13.0. The van der Waals surface area contributed by atoms with Gasteiger partial charge in [0.25, 0.3) is 5.56 Å². The number of nitrogens with one attached hydrogen (secondary N) is 1. The van der Waals surface area contributed by atoms with Crippen LogP contribution in [0, 0.1) is 0 Å². The van der Waals surface area contributed by atoms with Crippen LogP contribution in [0.4, 0.5) is 5.69 Å². The second kappa shape index (κ2) is 7.99. The molecule has 0 radical (unpaired) electrons. The number of nitrogens with zero attached hydrogens (tertiary/aromatic N) is 4. The highest BCUT2D eigenvalue weighted by Crippen LogP contribution is 2.22. The van der Waals surface area contributed by atoms with Gasteiger partial charge in [-0.05, 0) is 48.5 Å². The number of aromatic nitrogens is 4. The highest BCUT2D eigenvalue weighted by atomic mass is 16.5. The lowest BCUT2D eigenvalue weighted by atomic mass is 10.2. The van der Waals surface area contributed by atoms with Crippen LogP contribution in [-0.2, 0) is 11.3 Å². The number of fused-ring (bicyclic) bond motifs is 3. The minimum atomic E-state index is -0.237. The molecule has 5 rings (SSSR count). The number of hydrogen-bond donors (Lipinski definition) is 1. The molecular weight excluding hydrogens is 406 g/mol. The van der Waals surface area contributed by atoms with Crippen LogP contribution in [0.3, 0.4) is 0 Å². The Labute approximate surface area is 182 Å². The van der Waals surface area contributed by atoms with Gasteiger partial charge < -0.3 is 14.6 Å². The van der Waals surface area contributed by atoms with Crippen LogP contribution in [0.2, 0.25) is 0 Å². The molecule has 0 fully saturated rings. The van der Waals surface area contributed by atoms with Crippen molar-refractivity contribution in [2.45, 2.75) is 6.54 Å². The molecule has 3 aromatic heterocycles. The minimum absolute atomic E-state index is 0.00796. The largest absolute Gasteiger partial charge is 0.497 e. The van der Waals surface area contributed by atoms with E-state index in [9.17, 15) is 9.59 Å². The normalized spacial score (nSPS) is 11.0. The fourth-order valence-corrected chi connectivity index (χ4v) is 3.70. The van der Waals surface area contributed by atoms with Crippen molar-refractivity contribution in [2.75, 3.05) is 12.4 Å². The van der Waals surface area contributed by atoms with E-state index in [1.165, 1.54) is 10.5 Å². The number of para-hydroxylation sites is 2. The molecule has 5 aromatic rings. The molecule has 0 atom stereocenters. The van der Waals surface area contributed by atoms with Gasteiger partial charge in [0, 0.05) is 29.7 Å². The minimum Gasteiger partial charge on any atom is -0.497 e. The number of hydrogen-bond acceptors (Lipinski definition) is 5. The van der Waals surface area contributed by atoms with E-state index in [1.807, 2.05) is 30.3 Å². The van der Waals surface area contributed by atoms with Gasteiger partial charge in [-0.25, -0.2) is 9.38 Å². The van der Waals surface area contributed by atoms with E-state index in [4.69, 9.17) is 9.72 Å². The molecule has 32 heavy (non-hydrogen) atoms. The van der Waals surface area contributed by atoms with Crippen LogP contribution in [-0.4, -0.2) is 32.0 Å². The summed E-state index contributed by atoms with van der Waals surface area (Å²) < 4.78 is 8.42. The number of carbonyl (C=O) groups is 1. The summed E-state index contributed by atoms with van der Waals surface area (Å²) in [5.74, 6) is 0.860. The molecule has 1 amide bonds. The number of anilines is 1. The zero-order valence-corrected chi connectivity index (χ0v) is 17.2. The first-order chi connectivity index (χ1) is 15.6. The maximum Gasteiger partial charge on any atom is 0.260 e. The Balaban J connectivity index is 1.59. The van der Waals surface area contributed by atoms with Crippen molar-refractivity contribution in [1.82, 2.24) is 18.9 Å². The predicted molar refractivity (Wildman–Crippen MR) is 122 cm³/mol. The molecule has 0 saturated carbocycles. The Hall–Kier alpha value is -4.46. The summed E-state index contributed by atoms with van der Waals surface area (Å²) in [6.07, 6.45) is 3.32. The lowest BCUT2D eigenvalue weighted by Gasteiger charge is -2.09. The quantitative estimate of drug-likeness (QED) is 0.466. The van der Waals surface area contributed by atoms with E-state index in [-0.39, 0.29) is 18.0 Å². The fraction of sp³-hybridized carbons (Fsp3) is 0.0833. The van der Waals surface area contributed by atoms with Crippen molar-refractivity contribution >= 4 is 28.4 Å². The van der Waals surface area contributed by atoms with Crippen molar-refractivity contribution in [1.29, 1.82) is 0 Å².